The smallest absolute Gasteiger partial charge is 0.118 e. The van der Waals surface area contributed by atoms with Gasteiger partial charge in [0.25, 0.3) is 0 Å². The third-order valence-corrected chi connectivity index (χ3v) is 4.70. The molecular weight excluding hydrogens is 284 g/mol. The zero-order chi connectivity index (χ0) is 16.1. The molecule has 1 N–H and O–H groups in total. The molecule has 23 heavy (non-hydrogen) atoms. The van der Waals surface area contributed by atoms with Crippen LogP contribution in [0.25, 0.3) is 0 Å². The molecule has 2 aromatic rings. The fourth-order valence-corrected chi connectivity index (χ4v) is 3.29. The molecular formula is C20H22N2O. The lowest BCUT2D eigenvalue weighted by atomic mass is 9.89. The maximum absolute atomic E-state index is 9.90. The minimum Gasteiger partial charge on any atom is -0.508 e. The van der Waals surface area contributed by atoms with Crippen LogP contribution in [0.5, 0.6) is 5.75 Å². The van der Waals surface area contributed by atoms with Crippen molar-refractivity contribution in [3.63, 3.8) is 0 Å². The molecule has 0 bridgehead atoms. The Morgan fingerprint density at radius 1 is 1.04 bits per heavy atom. The number of phenols is 1. The summed E-state index contributed by atoms with van der Waals surface area (Å²) in [5.74, 6) is 1.08. The molecule has 1 aliphatic heterocycles. The lowest BCUT2D eigenvalue weighted by molar-refractivity contribution is 0.176. The van der Waals surface area contributed by atoms with Crippen LogP contribution in [0.2, 0.25) is 0 Å². The maximum atomic E-state index is 9.90. The minimum atomic E-state index is 0.424. The van der Waals surface area contributed by atoms with Crippen LogP contribution in [0.4, 0.5) is 0 Å². The van der Waals surface area contributed by atoms with Crippen molar-refractivity contribution in [1.29, 1.82) is 5.26 Å². The molecule has 3 rings (SSSR count). The summed E-state index contributed by atoms with van der Waals surface area (Å²) in [6.45, 7) is 3.14. The number of nitrogens with zero attached hydrogens (tertiary/aromatic N) is 2. The molecule has 0 unspecified atom stereocenters. The number of rotatable bonds is 4. The largest absolute Gasteiger partial charge is 0.508 e. The van der Waals surface area contributed by atoms with Crippen molar-refractivity contribution in [2.75, 3.05) is 13.1 Å². The van der Waals surface area contributed by atoms with Crippen LogP contribution in [-0.2, 0) is 13.0 Å². The fourth-order valence-electron chi connectivity index (χ4n) is 3.29. The van der Waals surface area contributed by atoms with Gasteiger partial charge >= 0.3 is 0 Å². The summed E-state index contributed by atoms with van der Waals surface area (Å²) in [7, 11) is 0. The first-order valence-electron chi connectivity index (χ1n) is 8.23. The van der Waals surface area contributed by atoms with Crippen LogP contribution in [-0.4, -0.2) is 23.1 Å². The van der Waals surface area contributed by atoms with Gasteiger partial charge in [-0.25, -0.2) is 0 Å². The fraction of sp³-hybridized carbons (Fsp3) is 0.350. The lowest BCUT2D eigenvalue weighted by Crippen LogP contribution is -2.33. The molecule has 1 aliphatic rings. The number of likely N-dealkylation sites (tertiary alicyclic amines) is 1. The summed E-state index contributed by atoms with van der Waals surface area (Å²) in [5, 5.41) is 18.7. The summed E-state index contributed by atoms with van der Waals surface area (Å²) in [6.07, 6.45) is 3.31. The van der Waals surface area contributed by atoms with E-state index in [1.165, 1.54) is 18.4 Å². The third-order valence-electron chi connectivity index (χ3n) is 4.70. The molecule has 0 aromatic heterocycles. The zero-order valence-electron chi connectivity index (χ0n) is 13.3. The molecule has 118 valence electrons. The molecule has 0 atom stereocenters. The molecule has 1 fully saturated rings. The highest BCUT2D eigenvalue weighted by atomic mass is 16.3. The van der Waals surface area contributed by atoms with Crippen molar-refractivity contribution in [3.05, 3.63) is 65.2 Å². The molecule has 0 aliphatic carbocycles. The zero-order valence-corrected chi connectivity index (χ0v) is 13.3. The Hall–Kier alpha value is -2.31. The number of hydrogen-bond donors (Lipinski definition) is 1. The van der Waals surface area contributed by atoms with Gasteiger partial charge in [-0.05, 0) is 67.6 Å². The first-order valence-corrected chi connectivity index (χ1v) is 8.23. The Morgan fingerprint density at radius 2 is 1.74 bits per heavy atom. The predicted octanol–water partition coefficient (Wildman–Crippen LogP) is 3.72. The molecule has 3 heteroatoms. The Kier molecular flexibility index (Phi) is 4.95. The Bertz CT molecular complexity index is 680. The van der Waals surface area contributed by atoms with E-state index in [1.54, 1.807) is 6.07 Å². The topological polar surface area (TPSA) is 47.3 Å². The highest BCUT2D eigenvalue weighted by molar-refractivity contribution is 5.32. The standard InChI is InChI=1S/C20H22N2O/c21-14-17-5-7-18(8-6-17)15-22-11-9-16(10-12-22)13-19-3-1-2-4-20(19)23/h1-8,16,23H,9-13,15H2. The quantitative estimate of drug-likeness (QED) is 0.936. The lowest BCUT2D eigenvalue weighted by Gasteiger charge is -2.32. The van der Waals surface area contributed by atoms with Crippen molar-refractivity contribution >= 4 is 0 Å². The monoisotopic (exact) mass is 306 g/mol. The van der Waals surface area contributed by atoms with Crippen molar-refractivity contribution < 1.29 is 5.11 Å². The normalized spacial score (nSPS) is 16.1. The average Bonchev–Trinajstić information content (AvgIpc) is 2.59. The van der Waals surface area contributed by atoms with Crippen molar-refractivity contribution in [2.45, 2.75) is 25.8 Å². The first-order chi connectivity index (χ1) is 11.2. The molecule has 3 nitrogen and oxygen atoms in total. The minimum absolute atomic E-state index is 0.424. The van der Waals surface area contributed by atoms with Gasteiger partial charge < -0.3 is 5.11 Å². The molecule has 1 saturated heterocycles. The van der Waals surface area contributed by atoms with E-state index in [0.29, 0.717) is 11.7 Å². The van der Waals surface area contributed by atoms with Crippen LogP contribution in [0.3, 0.4) is 0 Å². The second kappa shape index (κ2) is 7.30. The van der Waals surface area contributed by atoms with Crippen LogP contribution >= 0.6 is 0 Å². The number of para-hydroxylation sites is 1. The van der Waals surface area contributed by atoms with Gasteiger partial charge in [0.15, 0.2) is 0 Å². The number of aromatic hydroxyl groups is 1. The summed E-state index contributed by atoms with van der Waals surface area (Å²) in [6, 6.07) is 17.7. The van der Waals surface area contributed by atoms with Crippen LogP contribution in [0, 0.1) is 17.2 Å². The van der Waals surface area contributed by atoms with Gasteiger partial charge in [0, 0.05) is 6.54 Å². The average molecular weight is 306 g/mol. The molecule has 0 amide bonds. The molecule has 1 heterocycles. The van der Waals surface area contributed by atoms with Gasteiger partial charge in [0.05, 0.1) is 11.6 Å². The van der Waals surface area contributed by atoms with E-state index in [2.05, 4.69) is 11.0 Å². The van der Waals surface area contributed by atoms with E-state index < -0.39 is 0 Å². The summed E-state index contributed by atoms with van der Waals surface area (Å²) < 4.78 is 0. The van der Waals surface area contributed by atoms with E-state index in [9.17, 15) is 5.11 Å². The molecule has 2 aromatic carbocycles. The number of nitriles is 1. The van der Waals surface area contributed by atoms with Crippen LogP contribution in [0.1, 0.15) is 29.5 Å². The van der Waals surface area contributed by atoms with Gasteiger partial charge in [-0.15, -0.1) is 0 Å². The SMILES string of the molecule is N#Cc1ccc(CN2CCC(Cc3ccccc3O)CC2)cc1. The number of phenolic OH excluding ortho intramolecular Hbond substituents is 1. The predicted molar refractivity (Wildman–Crippen MR) is 91.0 cm³/mol. The Labute approximate surface area is 137 Å². The Morgan fingerprint density at radius 3 is 2.39 bits per heavy atom. The molecule has 0 radical (unpaired) electrons. The van der Waals surface area contributed by atoms with E-state index in [-0.39, 0.29) is 0 Å². The van der Waals surface area contributed by atoms with Gasteiger partial charge in [0.1, 0.15) is 5.75 Å². The second-order valence-corrected chi connectivity index (χ2v) is 6.36. The molecule has 0 spiro atoms. The summed E-state index contributed by atoms with van der Waals surface area (Å²) in [4.78, 5) is 2.47. The van der Waals surface area contributed by atoms with Crippen molar-refractivity contribution in [2.24, 2.45) is 5.92 Å². The van der Waals surface area contributed by atoms with Gasteiger partial charge in [-0.1, -0.05) is 30.3 Å². The summed E-state index contributed by atoms with van der Waals surface area (Å²) >= 11 is 0. The highest BCUT2D eigenvalue weighted by Crippen LogP contribution is 2.26. The summed E-state index contributed by atoms with van der Waals surface area (Å²) in [5.41, 5.74) is 3.05. The van der Waals surface area contributed by atoms with Gasteiger partial charge in [0.2, 0.25) is 0 Å². The number of benzene rings is 2. The van der Waals surface area contributed by atoms with E-state index in [1.807, 2.05) is 42.5 Å². The Balaban J connectivity index is 1.50. The van der Waals surface area contributed by atoms with Crippen LogP contribution in [0.15, 0.2) is 48.5 Å². The number of piperidine rings is 1. The third kappa shape index (κ3) is 4.12. The van der Waals surface area contributed by atoms with E-state index in [4.69, 9.17) is 5.26 Å². The van der Waals surface area contributed by atoms with Crippen molar-refractivity contribution in [1.82, 2.24) is 4.90 Å². The second-order valence-electron chi connectivity index (χ2n) is 6.36. The van der Waals surface area contributed by atoms with Crippen molar-refractivity contribution in [3.8, 4) is 11.8 Å². The van der Waals surface area contributed by atoms with E-state index in [0.717, 1.165) is 37.2 Å². The maximum Gasteiger partial charge on any atom is 0.118 e. The van der Waals surface area contributed by atoms with Gasteiger partial charge in [-0.2, -0.15) is 5.26 Å². The first kappa shape index (κ1) is 15.6. The van der Waals surface area contributed by atoms with E-state index >= 15 is 0 Å². The molecule has 0 saturated carbocycles. The highest BCUT2D eigenvalue weighted by Gasteiger charge is 2.20. The number of hydrogen-bond acceptors (Lipinski definition) is 3. The van der Waals surface area contributed by atoms with Crippen LogP contribution < -0.4 is 0 Å². The van der Waals surface area contributed by atoms with Gasteiger partial charge in [-0.3, -0.25) is 4.90 Å².